The SMILES string of the molecule is CC(=O)NCc1ccc(Nc2ncc3nc(-c4ccncc4)n(C)c3n2)cc1. The number of nitrogens with one attached hydrogen (secondary N) is 2. The van der Waals surface area contributed by atoms with Crippen LogP contribution in [0, 0.1) is 0 Å². The largest absolute Gasteiger partial charge is 0.352 e. The lowest BCUT2D eigenvalue weighted by Crippen LogP contribution is -2.18. The van der Waals surface area contributed by atoms with Crippen LogP contribution in [-0.4, -0.2) is 30.4 Å². The molecule has 1 amide bonds. The molecule has 0 bridgehead atoms. The maximum absolute atomic E-state index is 11.0. The summed E-state index contributed by atoms with van der Waals surface area (Å²) in [4.78, 5) is 28.6. The molecule has 0 aliphatic carbocycles. The Hall–Kier alpha value is -3.81. The van der Waals surface area contributed by atoms with Crippen molar-refractivity contribution in [3.05, 3.63) is 60.6 Å². The fourth-order valence-corrected chi connectivity index (χ4v) is 2.86. The van der Waals surface area contributed by atoms with E-state index in [0.717, 1.165) is 33.8 Å². The molecule has 28 heavy (non-hydrogen) atoms. The lowest BCUT2D eigenvalue weighted by atomic mass is 10.2. The minimum atomic E-state index is -0.0498. The van der Waals surface area contributed by atoms with Gasteiger partial charge in [-0.1, -0.05) is 12.1 Å². The van der Waals surface area contributed by atoms with Crippen LogP contribution >= 0.6 is 0 Å². The second kappa shape index (κ2) is 7.43. The number of aromatic nitrogens is 5. The van der Waals surface area contributed by atoms with Crippen LogP contribution in [0.5, 0.6) is 0 Å². The van der Waals surface area contributed by atoms with E-state index in [1.165, 1.54) is 6.92 Å². The fraction of sp³-hybridized carbons (Fsp3) is 0.150. The molecule has 0 saturated heterocycles. The third-order valence-electron chi connectivity index (χ3n) is 4.30. The van der Waals surface area contributed by atoms with E-state index in [1.807, 2.05) is 48.0 Å². The number of anilines is 2. The summed E-state index contributed by atoms with van der Waals surface area (Å²) in [5.74, 6) is 1.25. The molecule has 3 heterocycles. The quantitative estimate of drug-likeness (QED) is 0.558. The Morgan fingerprint density at radius 2 is 1.82 bits per heavy atom. The van der Waals surface area contributed by atoms with Crippen LogP contribution in [0.2, 0.25) is 0 Å². The molecule has 0 aliphatic rings. The number of aryl methyl sites for hydroxylation is 1. The summed E-state index contributed by atoms with van der Waals surface area (Å²) < 4.78 is 1.94. The highest BCUT2D eigenvalue weighted by atomic mass is 16.1. The average molecular weight is 373 g/mol. The van der Waals surface area contributed by atoms with Crippen molar-refractivity contribution in [3.8, 4) is 11.4 Å². The zero-order valence-electron chi connectivity index (χ0n) is 15.5. The molecule has 3 aromatic heterocycles. The predicted molar refractivity (Wildman–Crippen MR) is 107 cm³/mol. The van der Waals surface area contributed by atoms with Crippen LogP contribution in [0.3, 0.4) is 0 Å². The summed E-state index contributed by atoms with van der Waals surface area (Å²) >= 11 is 0. The van der Waals surface area contributed by atoms with Gasteiger partial charge in [0, 0.05) is 44.2 Å². The molecule has 0 saturated carbocycles. The van der Waals surface area contributed by atoms with E-state index in [2.05, 4.69) is 30.6 Å². The normalized spacial score (nSPS) is 10.8. The van der Waals surface area contributed by atoms with Crippen molar-refractivity contribution in [2.75, 3.05) is 5.32 Å². The van der Waals surface area contributed by atoms with Gasteiger partial charge in [-0.25, -0.2) is 9.97 Å². The van der Waals surface area contributed by atoms with Crippen LogP contribution in [0.15, 0.2) is 55.0 Å². The zero-order valence-corrected chi connectivity index (χ0v) is 15.5. The molecule has 0 aliphatic heterocycles. The molecule has 0 fully saturated rings. The molecular formula is C20H19N7O. The summed E-state index contributed by atoms with van der Waals surface area (Å²) in [5.41, 5.74) is 4.32. The van der Waals surface area contributed by atoms with E-state index in [0.29, 0.717) is 12.5 Å². The Labute approximate surface area is 161 Å². The standard InChI is InChI=1S/C20H19N7O/c1-13(28)22-11-14-3-5-16(6-4-14)24-20-23-12-17-19(26-20)27(2)18(25-17)15-7-9-21-10-8-15/h3-10,12H,11H2,1-2H3,(H,22,28)(H,23,24,26). The van der Waals surface area contributed by atoms with Gasteiger partial charge in [0.2, 0.25) is 11.9 Å². The van der Waals surface area contributed by atoms with Crippen molar-refractivity contribution in [1.29, 1.82) is 0 Å². The van der Waals surface area contributed by atoms with E-state index in [9.17, 15) is 4.79 Å². The van der Waals surface area contributed by atoms with Gasteiger partial charge in [-0.2, -0.15) is 4.98 Å². The van der Waals surface area contributed by atoms with Crippen LogP contribution in [0.1, 0.15) is 12.5 Å². The van der Waals surface area contributed by atoms with Crippen molar-refractivity contribution < 1.29 is 4.79 Å². The van der Waals surface area contributed by atoms with E-state index in [4.69, 9.17) is 0 Å². The third kappa shape index (κ3) is 3.66. The van der Waals surface area contributed by atoms with Gasteiger partial charge in [0.1, 0.15) is 11.3 Å². The smallest absolute Gasteiger partial charge is 0.229 e. The first-order chi connectivity index (χ1) is 13.6. The molecule has 0 unspecified atom stereocenters. The molecule has 4 rings (SSSR count). The molecule has 0 atom stereocenters. The Morgan fingerprint density at radius 3 is 2.54 bits per heavy atom. The Morgan fingerprint density at radius 1 is 1.07 bits per heavy atom. The Bertz CT molecular complexity index is 1120. The van der Waals surface area contributed by atoms with E-state index < -0.39 is 0 Å². The van der Waals surface area contributed by atoms with E-state index in [1.54, 1.807) is 18.6 Å². The maximum Gasteiger partial charge on any atom is 0.229 e. The fourth-order valence-electron chi connectivity index (χ4n) is 2.86. The number of rotatable bonds is 5. The van der Waals surface area contributed by atoms with Crippen LogP contribution in [-0.2, 0) is 18.4 Å². The average Bonchev–Trinajstić information content (AvgIpc) is 3.04. The van der Waals surface area contributed by atoms with Gasteiger partial charge < -0.3 is 15.2 Å². The number of carbonyl (C=O) groups excluding carboxylic acids is 1. The van der Waals surface area contributed by atoms with Gasteiger partial charge in [-0.3, -0.25) is 9.78 Å². The van der Waals surface area contributed by atoms with Crippen molar-refractivity contribution in [3.63, 3.8) is 0 Å². The minimum absolute atomic E-state index is 0.0498. The monoisotopic (exact) mass is 373 g/mol. The number of fused-ring (bicyclic) bond motifs is 1. The molecule has 0 spiro atoms. The van der Waals surface area contributed by atoms with Gasteiger partial charge in [0.05, 0.1) is 6.20 Å². The molecule has 0 radical (unpaired) electrons. The number of amides is 1. The van der Waals surface area contributed by atoms with Crippen molar-refractivity contribution in [1.82, 2.24) is 29.8 Å². The highest BCUT2D eigenvalue weighted by molar-refractivity contribution is 5.77. The Balaban J connectivity index is 1.56. The molecular weight excluding hydrogens is 354 g/mol. The van der Waals surface area contributed by atoms with E-state index in [-0.39, 0.29) is 5.91 Å². The first-order valence-electron chi connectivity index (χ1n) is 8.80. The summed E-state index contributed by atoms with van der Waals surface area (Å²) in [6.07, 6.45) is 5.19. The predicted octanol–water partition coefficient (Wildman–Crippen LogP) is 2.81. The van der Waals surface area contributed by atoms with Gasteiger partial charge in [0.25, 0.3) is 0 Å². The summed E-state index contributed by atoms with van der Waals surface area (Å²) in [5, 5.41) is 5.98. The zero-order chi connectivity index (χ0) is 19.5. The number of nitrogens with zero attached hydrogens (tertiary/aromatic N) is 5. The highest BCUT2D eigenvalue weighted by Gasteiger charge is 2.12. The summed E-state index contributed by atoms with van der Waals surface area (Å²) in [6.45, 7) is 2.01. The molecule has 1 aromatic carbocycles. The van der Waals surface area contributed by atoms with Gasteiger partial charge in [-0.15, -0.1) is 0 Å². The third-order valence-corrected chi connectivity index (χ3v) is 4.30. The Kier molecular flexibility index (Phi) is 4.67. The van der Waals surface area contributed by atoms with Gasteiger partial charge in [-0.05, 0) is 29.8 Å². The van der Waals surface area contributed by atoms with Gasteiger partial charge >= 0.3 is 0 Å². The minimum Gasteiger partial charge on any atom is -0.352 e. The highest BCUT2D eigenvalue weighted by Crippen LogP contribution is 2.23. The van der Waals surface area contributed by atoms with Crippen LogP contribution in [0.25, 0.3) is 22.6 Å². The number of pyridine rings is 1. The lowest BCUT2D eigenvalue weighted by molar-refractivity contribution is -0.119. The lowest BCUT2D eigenvalue weighted by Gasteiger charge is -2.07. The summed E-state index contributed by atoms with van der Waals surface area (Å²) in [7, 11) is 1.93. The topological polar surface area (TPSA) is 97.6 Å². The van der Waals surface area contributed by atoms with Crippen molar-refractivity contribution in [2.24, 2.45) is 7.05 Å². The van der Waals surface area contributed by atoms with Crippen molar-refractivity contribution >= 4 is 28.7 Å². The van der Waals surface area contributed by atoms with Crippen LogP contribution < -0.4 is 10.6 Å². The molecule has 140 valence electrons. The number of imidazole rings is 1. The second-order valence-electron chi connectivity index (χ2n) is 6.36. The van der Waals surface area contributed by atoms with E-state index >= 15 is 0 Å². The van der Waals surface area contributed by atoms with Crippen molar-refractivity contribution in [2.45, 2.75) is 13.5 Å². The maximum atomic E-state index is 11.0. The number of carbonyl (C=O) groups is 1. The number of hydrogen-bond donors (Lipinski definition) is 2. The van der Waals surface area contributed by atoms with Crippen LogP contribution in [0.4, 0.5) is 11.6 Å². The van der Waals surface area contributed by atoms with Gasteiger partial charge in [0.15, 0.2) is 5.65 Å². The molecule has 8 heteroatoms. The number of benzene rings is 1. The number of hydrogen-bond acceptors (Lipinski definition) is 6. The molecule has 2 N–H and O–H groups in total. The molecule has 8 nitrogen and oxygen atoms in total. The first-order valence-corrected chi connectivity index (χ1v) is 8.80. The summed E-state index contributed by atoms with van der Waals surface area (Å²) in [6, 6.07) is 11.6. The first kappa shape index (κ1) is 17.6. The molecule has 4 aromatic rings. The second-order valence-corrected chi connectivity index (χ2v) is 6.36.